The summed E-state index contributed by atoms with van der Waals surface area (Å²) in [4.78, 5) is 4.07. The summed E-state index contributed by atoms with van der Waals surface area (Å²) < 4.78 is 1.04. The molecule has 0 amide bonds. The number of nitrogen functional groups attached to an aromatic ring is 1. The first kappa shape index (κ1) is 13.1. The fraction of sp³-hybridized carbons (Fsp3) is 0.214. The van der Waals surface area contributed by atoms with Gasteiger partial charge in [0.2, 0.25) is 0 Å². The molecule has 1 atom stereocenters. The highest BCUT2D eigenvalue weighted by atomic mass is 79.9. The Hall–Kier alpha value is -1.39. The van der Waals surface area contributed by atoms with E-state index in [1.165, 1.54) is 5.56 Å². The minimum absolute atomic E-state index is 0.0912. The number of halogens is 1. The van der Waals surface area contributed by atoms with E-state index in [1.807, 2.05) is 12.1 Å². The second-order valence-corrected chi connectivity index (χ2v) is 5.24. The lowest BCUT2D eigenvalue weighted by Gasteiger charge is -2.15. The molecule has 0 radical (unpaired) electrons. The third-order valence-corrected chi connectivity index (χ3v) is 3.61. The third-order valence-electron chi connectivity index (χ3n) is 2.92. The summed E-state index contributed by atoms with van der Waals surface area (Å²) in [7, 11) is 0. The van der Waals surface area contributed by atoms with Gasteiger partial charge in [0, 0.05) is 16.7 Å². The standard InChI is InChI=1S/C14H16BrN3/c1-9-4-5-11(12(15)7-9)13(16)8-10-3-2-6-18-14(10)17/h2-7,13H,8,16H2,1H3,(H2,17,18). The van der Waals surface area contributed by atoms with Crippen molar-refractivity contribution in [2.75, 3.05) is 5.73 Å². The molecule has 0 aliphatic rings. The van der Waals surface area contributed by atoms with Gasteiger partial charge < -0.3 is 11.5 Å². The Morgan fingerprint density at radius 1 is 1.33 bits per heavy atom. The van der Waals surface area contributed by atoms with Gasteiger partial charge in [0.05, 0.1) is 0 Å². The zero-order valence-electron chi connectivity index (χ0n) is 10.2. The predicted molar refractivity (Wildman–Crippen MR) is 78.2 cm³/mol. The molecule has 0 saturated carbocycles. The normalized spacial score (nSPS) is 12.4. The zero-order valence-corrected chi connectivity index (χ0v) is 11.8. The summed E-state index contributed by atoms with van der Waals surface area (Å²) in [6.45, 7) is 2.05. The molecule has 1 aromatic heterocycles. The number of rotatable bonds is 3. The van der Waals surface area contributed by atoms with E-state index in [0.717, 1.165) is 15.6 Å². The lowest BCUT2D eigenvalue weighted by molar-refractivity contribution is 0.717. The monoisotopic (exact) mass is 305 g/mol. The number of benzene rings is 1. The van der Waals surface area contributed by atoms with Gasteiger partial charge in [0.1, 0.15) is 5.82 Å². The lowest BCUT2D eigenvalue weighted by atomic mass is 9.99. The molecule has 0 bridgehead atoms. The molecule has 18 heavy (non-hydrogen) atoms. The van der Waals surface area contributed by atoms with Crippen LogP contribution in [0.3, 0.4) is 0 Å². The van der Waals surface area contributed by atoms with E-state index in [4.69, 9.17) is 11.5 Å². The number of hydrogen-bond acceptors (Lipinski definition) is 3. The highest BCUT2D eigenvalue weighted by Gasteiger charge is 2.12. The summed E-state index contributed by atoms with van der Waals surface area (Å²) in [5.41, 5.74) is 15.3. The van der Waals surface area contributed by atoms with Gasteiger partial charge in [-0.15, -0.1) is 0 Å². The molecule has 0 saturated heterocycles. The van der Waals surface area contributed by atoms with Gasteiger partial charge in [-0.2, -0.15) is 0 Å². The second kappa shape index (κ2) is 5.50. The maximum absolute atomic E-state index is 6.23. The Morgan fingerprint density at radius 2 is 2.11 bits per heavy atom. The van der Waals surface area contributed by atoms with E-state index in [0.29, 0.717) is 12.2 Å². The number of nitrogens with zero attached hydrogens (tertiary/aromatic N) is 1. The summed E-state index contributed by atoms with van der Waals surface area (Å²) in [5, 5.41) is 0. The van der Waals surface area contributed by atoms with E-state index in [2.05, 4.69) is 46.0 Å². The van der Waals surface area contributed by atoms with Gasteiger partial charge >= 0.3 is 0 Å². The van der Waals surface area contributed by atoms with Gasteiger partial charge in [-0.25, -0.2) is 4.98 Å². The van der Waals surface area contributed by atoms with E-state index < -0.39 is 0 Å². The Morgan fingerprint density at radius 3 is 2.78 bits per heavy atom. The highest BCUT2D eigenvalue weighted by molar-refractivity contribution is 9.10. The van der Waals surface area contributed by atoms with Crippen LogP contribution < -0.4 is 11.5 Å². The first-order valence-electron chi connectivity index (χ1n) is 5.79. The third kappa shape index (κ3) is 2.89. The second-order valence-electron chi connectivity index (χ2n) is 4.38. The Labute approximate surface area is 115 Å². The molecule has 3 nitrogen and oxygen atoms in total. The van der Waals surface area contributed by atoms with Crippen LogP contribution in [0.2, 0.25) is 0 Å². The van der Waals surface area contributed by atoms with Crippen LogP contribution in [0.15, 0.2) is 41.0 Å². The molecule has 4 N–H and O–H groups in total. The molecule has 1 aromatic carbocycles. The number of anilines is 1. The van der Waals surface area contributed by atoms with Crippen LogP contribution >= 0.6 is 15.9 Å². The molecule has 2 rings (SSSR count). The van der Waals surface area contributed by atoms with E-state index in [-0.39, 0.29) is 6.04 Å². The molecule has 0 aliphatic heterocycles. The maximum Gasteiger partial charge on any atom is 0.126 e. The van der Waals surface area contributed by atoms with E-state index in [1.54, 1.807) is 6.20 Å². The summed E-state index contributed by atoms with van der Waals surface area (Å²) in [5.74, 6) is 0.552. The highest BCUT2D eigenvalue weighted by Crippen LogP contribution is 2.26. The smallest absolute Gasteiger partial charge is 0.126 e. The fourth-order valence-corrected chi connectivity index (χ4v) is 2.69. The van der Waals surface area contributed by atoms with Gasteiger partial charge in [-0.1, -0.05) is 34.1 Å². The number of hydrogen-bond donors (Lipinski definition) is 2. The molecule has 1 heterocycles. The SMILES string of the molecule is Cc1ccc(C(N)Cc2cccnc2N)c(Br)c1. The maximum atomic E-state index is 6.23. The Balaban J connectivity index is 2.22. The summed E-state index contributed by atoms with van der Waals surface area (Å²) >= 11 is 3.55. The molecule has 0 fully saturated rings. The average molecular weight is 306 g/mol. The largest absolute Gasteiger partial charge is 0.383 e. The molecule has 1 unspecified atom stereocenters. The van der Waals surface area contributed by atoms with Crippen molar-refractivity contribution in [3.63, 3.8) is 0 Å². The van der Waals surface area contributed by atoms with Crippen LogP contribution in [-0.2, 0) is 6.42 Å². The molecule has 2 aromatic rings. The molecular weight excluding hydrogens is 290 g/mol. The number of aromatic nitrogens is 1. The zero-order chi connectivity index (χ0) is 13.1. The molecule has 0 aliphatic carbocycles. The van der Waals surface area contributed by atoms with Crippen molar-refractivity contribution < 1.29 is 0 Å². The quantitative estimate of drug-likeness (QED) is 0.916. The summed E-state index contributed by atoms with van der Waals surface area (Å²) in [6.07, 6.45) is 2.37. The van der Waals surface area contributed by atoms with Crippen molar-refractivity contribution >= 4 is 21.7 Å². The van der Waals surface area contributed by atoms with E-state index >= 15 is 0 Å². The van der Waals surface area contributed by atoms with Crippen LogP contribution in [0.4, 0.5) is 5.82 Å². The lowest BCUT2D eigenvalue weighted by Crippen LogP contribution is -2.15. The van der Waals surface area contributed by atoms with Crippen molar-refractivity contribution in [1.82, 2.24) is 4.98 Å². The molecule has 4 heteroatoms. The fourth-order valence-electron chi connectivity index (χ4n) is 1.90. The Bertz CT molecular complexity index is 554. The number of aryl methyl sites for hydroxylation is 1. The summed E-state index contributed by atoms with van der Waals surface area (Å²) in [6, 6.07) is 9.93. The van der Waals surface area contributed by atoms with Crippen molar-refractivity contribution in [3.8, 4) is 0 Å². The van der Waals surface area contributed by atoms with Gasteiger partial charge in [0.15, 0.2) is 0 Å². The predicted octanol–water partition coefficient (Wildman–Crippen LogP) is 2.98. The van der Waals surface area contributed by atoms with Crippen molar-refractivity contribution in [3.05, 3.63) is 57.7 Å². The van der Waals surface area contributed by atoms with Crippen molar-refractivity contribution in [2.24, 2.45) is 5.73 Å². The average Bonchev–Trinajstić information content (AvgIpc) is 2.32. The van der Waals surface area contributed by atoms with Crippen LogP contribution in [0, 0.1) is 6.92 Å². The molecular formula is C14H16BrN3. The van der Waals surface area contributed by atoms with Crippen molar-refractivity contribution in [2.45, 2.75) is 19.4 Å². The van der Waals surface area contributed by atoms with Gasteiger partial charge in [-0.05, 0) is 42.2 Å². The topological polar surface area (TPSA) is 64.9 Å². The van der Waals surface area contributed by atoms with Crippen LogP contribution in [0.1, 0.15) is 22.7 Å². The van der Waals surface area contributed by atoms with Gasteiger partial charge in [-0.3, -0.25) is 0 Å². The first-order valence-corrected chi connectivity index (χ1v) is 6.58. The van der Waals surface area contributed by atoms with Crippen LogP contribution in [0.5, 0.6) is 0 Å². The minimum Gasteiger partial charge on any atom is -0.383 e. The van der Waals surface area contributed by atoms with Crippen LogP contribution in [0.25, 0.3) is 0 Å². The Kier molecular flexibility index (Phi) is 3.99. The first-order chi connectivity index (χ1) is 8.58. The number of pyridine rings is 1. The van der Waals surface area contributed by atoms with E-state index in [9.17, 15) is 0 Å². The molecule has 94 valence electrons. The minimum atomic E-state index is -0.0912. The van der Waals surface area contributed by atoms with Gasteiger partial charge in [0.25, 0.3) is 0 Å². The van der Waals surface area contributed by atoms with Crippen LogP contribution in [-0.4, -0.2) is 4.98 Å². The number of nitrogens with two attached hydrogens (primary N) is 2. The molecule has 0 spiro atoms. The van der Waals surface area contributed by atoms with Crippen molar-refractivity contribution in [1.29, 1.82) is 0 Å².